The van der Waals surface area contributed by atoms with Crippen molar-refractivity contribution >= 4 is 21.6 Å². The van der Waals surface area contributed by atoms with Gasteiger partial charge in [0.05, 0.1) is 16.5 Å². The molecule has 0 radical (unpaired) electrons. The Morgan fingerprint density at radius 1 is 1.19 bits per heavy atom. The van der Waals surface area contributed by atoms with Gasteiger partial charge in [-0.3, -0.25) is 4.79 Å². The number of sulfonamides is 1. The smallest absolute Gasteiger partial charge is 0.240 e. The van der Waals surface area contributed by atoms with Crippen LogP contribution in [0.3, 0.4) is 0 Å². The minimum Gasteiger partial charge on any atom is -0.311 e. The molecule has 1 N–H and O–H groups in total. The summed E-state index contributed by atoms with van der Waals surface area (Å²) in [6.45, 7) is 2.98. The van der Waals surface area contributed by atoms with Gasteiger partial charge in [-0.2, -0.15) is 0 Å². The van der Waals surface area contributed by atoms with E-state index in [1.807, 2.05) is 42.2 Å². The average Bonchev–Trinajstić information content (AvgIpc) is 2.93. The zero-order chi connectivity index (χ0) is 19.0. The van der Waals surface area contributed by atoms with Gasteiger partial charge < -0.3 is 4.90 Å². The number of nitrogens with zero attached hydrogens (tertiary/aromatic N) is 1. The lowest BCUT2D eigenvalue weighted by molar-refractivity contribution is -0.119. The fraction of sp³-hybridized carbons (Fsp3) is 0.381. The number of carbonyl (C=O) groups is 1. The molecule has 142 valence electrons. The molecule has 2 aromatic rings. The van der Waals surface area contributed by atoms with E-state index in [2.05, 4.69) is 4.72 Å². The second kappa shape index (κ2) is 7.09. The summed E-state index contributed by atoms with van der Waals surface area (Å²) < 4.78 is 28.3. The van der Waals surface area contributed by atoms with E-state index in [-0.39, 0.29) is 16.7 Å². The number of amides is 1. The van der Waals surface area contributed by atoms with Gasteiger partial charge in [0, 0.05) is 13.1 Å². The summed E-state index contributed by atoms with van der Waals surface area (Å²) in [7, 11) is -3.58. The molecular weight excluding hydrogens is 360 g/mol. The minimum absolute atomic E-state index is 0.0799. The van der Waals surface area contributed by atoms with E-state index in [9.17, 15) is 13.2 Å². The van der Waals surface area contributed by atoms with E-state index in [1.54, 1.807) is 12.1 Å². The number of carbonyl (C=O) groups excluding carboxylic acids is 1. The van der Waals surface area contributed by atoms with Crippen molar-refractivity contribution in [1.82, 2.24) is 4.72 Å². The first-order valence-electron chi connectivity index (χ1n) is 9.49. The lowest BCUT2D eigenvalue weighted by atomic mass is 9.97. The van der Waals surface area contributed by atoms with Crippen molar-refractivity contribution in [2.24, 2.45) is 0 Å². The van der Waals surface area contributed by atoms with Gasteiger partial charge in [0.25, 0.3) is 0 Å². The summed E-state index contributed by atoms with van der Waals surface area (Å²) in [6, 6.07) is 13.5. The molecule has 0 bridgehead atoms. The van der Waals surface area contributed by atoms with E-state index in [4.69, 9.17) is 0 Å². The summed E-state index contributed by atoms with van der Waals surface area (Å²) >= 11 is 0. The Balaban J connectivity index is 1.50. The summed E-state index contributed by atoms with van der Waals surface area (Å²) in [5.41, 5.74) is 3.97. The molecule has 27 heavy (non-hydrogen) atoms. The number of nitrogens with one attached hydrogen (secondary N) is 1. The largest absolute Gasteiger partial charge is 0.311 e. The monoisotopic (exact) mass is 384 g/mol. The molecule has 2 heterocycles. The summed E-state index contributed by atoms with van der Waals surface area (Å²) in [4.78, 5) is 14.5. The normalized spacial score (nSPS) is 18.6. The van der Waals surface area contributed by atoms with Crippen molar-refractivity contribution in [3.05, 3.63) is 59.2 Å². The third kappa shape index (κ3) is 3.39. The van der Waals surface area contributed by atoms with Crippen LogP contribution in [0.5, 0.6) is 0 Å². The molecule has 2 aliphatic heterocycles. The maximum absolute atomic E-state index is 12.8. The molecule has 0 saturated carbocycles. The highest BCUT2D eigenvalue weighted by atomic mass is 32.2. The molecule has 0 aliphatic carbocycles. The first-order valence-corrected chi connectivity index (χ1v) is 11.0. The van der Waals surface area contributed by atoms with Crippen LogP contribution in [0.4, 0.5) is 5.69 Å². The standard InChI is InChI=1S/C21H24N2O3S/c1-15-19-14-18(13-17-10-6-12-23(20(17)19)21(15)24)27(25,26)22-11-5-9-16-7-3-2-4-8-16/h2-4,7-8,13-15,22H,5-6,9-12H2,1H3. The van der Waals surface area contributed by atoms with Crippen LogP contribution in [0.15, 0.2) is 47.4 Å². The van der Waals surface area contributed by atoms with Gasteiger partial charge in [0.1, 0.15) is 0 Å². The zero-order valence-corrected chi connectivity index (χ0v) is 16.3. The molecule has 1 unspecified atom stereocenters. The van der Waals surface area contributed by atoms with Crippen molar-refractivity contribution < 1.29 is 13.2 Å². The fourth-order valence-electron chi connectivity index (χ4n) is 4.05. The van der Waals surface area contributed by atoms with E-state index in [1.165, 1.54) is 5.56 Å². The van der Waals surface area contributed by atoms with Crippen LogP contribution >= 0.6 is 0 Å². The number of hydrogen-bond donors (Lipinski definition) is 1. The fourth-order valence-corrected chi connectivity index (χ4v) is 5.21. The Bertz CT molecular complexity index is 970. The van der Waals surface area contributed by atoms with E-state index in [0.29, 0.717) is 6.54 Å². The maximum atomic E-state index is 12.8. The summed E-state index contributed by atoms with van der Waals surface area (Å²) in [5, 5.41) is 0. The van der Waals surface area contributed by atoms with Crippen molar-refractivity contribution in [3.63, 3.8) is 0 Å². The van der Waals surface area contributed by atoms with E-state index < -0.39 is 10.0 Å². The molecule has 2 aromatic carbocycles. The number of rotatable bonds is 6. The number of aryl methyl sites for hydroxylation is 2. The first kappa shape index (κ1) is 18.2. The summed E-state index contributed by atoms with van der Waals surface area (Å²) in [5.74, 6) is -0.193. The zero-order valence-electron chi connectivity index (χ0n) is 15.4. The van der Waals surface area contributed by atoms with Crippen molar-refractivity contribution in [2.45, 2.75) is 43.4 Å². The molecule has 5 nitrogen and oxygen atoms in total. The van der Waals surface area contributed by atoms with Gasteiger partial charge in [-0.1, -0.05) is 30.3 Å². The lowest BCUT2D eigenvalue weighted by Gasteiger charge is -2.26. The Morgan fingerprint density at radius 3 is 2.74 bits per heavy atom. The molecule has 4 rings (SSSR count). The molecule has 6 heteroatoms. The van der Waals surface area contributed by atoms with Crippen LogP contribution < -0.4 is 9.62 Å². The minimum atomic E-state index is -3.58. The lowest BCUT2D eigenvalue weighted by Crippen LogP contribution is -2.32. The van der Waals surface area contributed by atoms with Crippen molar-refractivity contribution in [1.29, 1.82) is 0 Å². The van der Waals surface area contributed by atoms with Crippen LogP contribution in [-0.2, 0) is 27.7 Å². The van der Waals surface area contributed by atoms with Gasteiger partial charge in [-0.15, -0.1) is 0 Å². The molecule has 1 amide bonds. The van der Waals surface area contributed by atoms with Crippen LogP contribution in [0.25, 0.3) is 0 Å². The Kier molecular flexibility index (Phi) is 4.78. The second-order valence-corrected chi connectivity index (χ2v) is 9.09. The Morgan fingerprint density at radius 2 is 1.96 bits per heavy atom. The van der Waals surface area contributed by atoms with Gasteiger partial charge >= 0.3 is 0 Å². The van der Waals surface area contributed by atoms with E-state index >= 15 is 0 Å². The van der Waals surface area contributed by atoms with Crippen molar-refractivity contribution in [2.75, 3.05) is 18.0 Å². The highest BCUT2D eigenvalue weighted by Gasteiger charge is 2.38. The average molecular weight is 385 g/mol. The van der Waals surface area contributed by atoms with Gasteiger partial charge in [0.2, 0.25) is 15.9 Å². The maximum Gasteiger partial charge on any atom is 0.240 e. The van der Waals surface area contributed by atoms with E-state index in [0.717, 1.165) is 49.0 Å². The molecule has 1 atom stereocenters. The number of hydrogen-bond acceptors (Lipinski definition) is 3. The van der Waals surface area contributed by atoms with Crippen LogP contribution in [0.1, 0.15) is 42.4 Å². The highest BCUT2D eigenvalue weighted by Crippen LogP contribution is 2.43. The third-order valence-electron chi connectivity index (χ3n) is 5.48. The van der Waals surface area contributed by atoms with Crippen molar-refractivity contribution in [3.8, 4) is 0 Å². The second-order valence-electron chi connectivity index (χ2n) is 7.32. The van der Waals surface area contributed by atoms with Crippen LogP contribution in [-0.4, -0.2) is 27.4 Å². The van der Waals surface area contributed by atoms with Gasteiger partial charge in [-0.05, 0) is 61.4 Å². The predicted molar refractivity (Wildman–Crippen MR) is 105 cm³/mol. The quantitative estimate of drug-likeness (QED) is 0.779. The Hall–Kier alpha value is -2.18. The molecule has 2 aliphatic rings. The number of anilines is 1. The third-order valence-corrected chi connectivity index (χ3v) is 6.92. The predicted octanol–water partition coefficient (Wildman–Crippen LogP) is 2.99. The molecule has 0 fully saturated rings. The van der Waals surface area contributed by atoms with Gasteiger partial charge in [0.15, 0.2) is 0 Å². The number of benzene rings is 2. The first-order chi connectivity index (χ1) is 13.0. The topological polar surface area (TPSA) is 66.5 Å². The molecule has 0 saturated heterocycles. The summed E-state index contributed by atoms with van der Waals surface area (Å²) in [6.07, 6.45) is 3.26. The highest BCUT2D eigenvalue weighted by molar-refractivity contribution is 7.89. The molecular formula is C21H24N2O3S. The van der Waals surface area contributed by atoms with Crippen LogP contribution in [0.2, 0.25) is 0 Å². The Labute approximate surface area is 160 Å². The molecule has 0 spiro atoms. The SMILES string of the molecule is CC1C(=O)N2CCCc3cc(S(=O)(=O)NCCCc4ccccc4)cc1c32. The van der Waals surface area contributed by atoms with Gasteiger partial charge in [-0.25, -0.2) is 13.1 Å². The molecule has 0 aromatic heterocycles. The van der Waals surface area contributed by atoms with Crippen LogP contribution in [0, 0.1) is 0 Å².